The summed E-state index contributed by atoms with van der Waals surface area (Å²) in [6.07, 6.45) is 2.75. The Morgan fingerprint density at radius 2 is 1.61 bits per heavy atom. The van der Waals surface area contributed by atoms with Crippen LogP contribution >= 0.6 is 0 Å². The summed E-state index contributed by atoms with van der Waals surface area (Å²) in [5.74, 6) is 0.198. The number of rotatable bonds is 9. The minimum atomic E-state index is -3.51. The van der Waals surface area contributed by atoms with Crippen LogP contribution in [0.15, 0.2) is 54.6 Å². The minimum Gasteiger partial charge on any atom is -0.354 e. The van der Waals surface area contributed by atoms with Crippen molar-refractivity contribution in [3.05, 3.63) is 71.3 Å². The number of hydrogen-bond donors (Lipinski definition) is 1. The van der Waals surface area contributed by atoms with Gasteiger partial charge < -0.3 is 5.32 Å². The van der Waals surface area contributed by atoms with Gasteiger partial charge in [0, 0.05) is 13.6 Å². The maximum Gasteiger partial charge on any atom is 0.242 e. The normalized spacial score (nSPS) is 12.9. The highest BCUT2D eigenvalue weighted by molar-refractivity contribution is 7.88. The van der Waals surface area contributed by atoms with Crippen molar-refractivity contribution in [2.24, 2.45) is 0 Å². The van der Waals surface area contributed by atoms with Crippen LogP contribution in [0.1, 0.15) is 48.9 Å². The van der Waals surface area contributed by atoms with Crippen LogP contribution in [-0.4, -0.2) is 38.5 Å². The molecule has 1 amide bonds. The van der Waals surface area contributed by atoms with Crippen LogP contribution in [0.2, 0.25) is 0 Å². The molecule has 0 aliphatic rings. The molecule has 0 heterocycles. The number of likely N-dealkylation sites (N-methyl/N-ethyl adjacent to an activating group) is 1. The fourth-order valence-corrected chi connectivity index (χ4v) is 3.62. The lowest BCUT2D eigenvalue weighted by Gasteiger charge is -2.25. The third-order valence-electron chi connectivity index (χ3n) is 4.84. The van der Waals surface area contributed by atoms with Gasteiger partial charge in [-0.1, -0.05) is 68.4 Å². The Bertz CT molecular complexity index is 862. The molecule has 0 aliphatic heterocycles. The molecule has 0 saturated carbocycles. The van der Waals surface area contributed by atoms with E-state index in [9.17, 15) is 13.2 Å². The number of sulfonamides is 1. The Morgan fingerprint density at radius 3 is 2.14 bits per heavy atom. The van der Waals surface area contributed by atoms with Crippen molar-refractivity contribution >= 4 is 15.9 Å². The monoisotopic (exact) mass is 402 g/mol. The molecule has 2 aromatic carbocycles. The van der Waals surface area contributed by atoms with Crippen LogP contribution in [0.3, 0.4) is 0 Å². The van der Waals surface area contributed by atoms with Gasteiger partial charge in [0.25, 0.3) is 0 Å². The second-order valence-corrected chi connectivity index (χ2v) is 9.43. The van der Waals surface area contributed by atoms with E-state index in [1.807, 2.05) is 6.07 Å². The van der Waals surface area contributed by atoms with E-state index in [0.717, 1.165) is 23.4 Å². The molecule has 0 radical (unpaired) electrons. The Hall–Kier alpha value is -2.18. The van der Waals surface area contributed by atoms with Gasteiger partial charge in [-0.3, -0.25) is 4.79 Å². The van der Waals surface area contributed by atoms with E-state index < -0.39 is 16.1 Å². The van der Waals surface area contributed by atoms with Crippen LogP contribution in [-0.2, 0) is 21.2 Å². The van der Waals surface area contributed by atoms with Gasteiger partial charge in [-0.25, -0.2) is 8.42 Å². The third kappa shape index (κ3) is 6.17. The van der Waals surface area contributed by atoms with E-state index in [4.69, 9.17) is 0 Å². The molecule has 0 unspecified atom stereocenters. The standard InChI is InChI=1S/C22H30N2O3S/c1-17(2)19-14-12-18(13-15-19)9-8-16-23-22(25)21(24(3)28(4,26)27)20-10-6-5-7-11-20/h5-7,10-15,17,21H,8-9,16H2,1-4H3,(H,23,25)/t21-/m0/s1. The van der Waals surface area contributed by atoms with Crippen molar-refractivity contribution in [3.8, 4) is 0 Å². The van der Waals surface area contributed by atoms with Crippen LogP contribution in [0.5, 0.6) is 0 Å². The predicted molar refractivity (Wildman–Crippen MR) is 114 cm³/mol. The topological polar surface area (TPSA) is 66.5 Å². The van der Waals surface area contributed by atoms with E-state index in [-0.39, 0.29) is 5.91 Å². The number of benzene rings is 2. The lowest BCUT2D eigenvalue weighted by molar-refractivity contribution is -0.124. The van der Waals surface area contributed by atoms with E-state index in [1.54, 1.807) is 24.3 Å². The first kappa shape index (κ1) is 22.1. The summed E-state index contributed by atoms with van der Waals surface area (Å²) in [6, 6.07) is 16.6. The van der Waals surface area contributed by atoms with Crippen molar-refractivity contribution in [3.63, 3.8) is 0 Å². The molecule has 2 aromatic rings. The zero-order valence-electron chi connectivity index (χ0n) is 17.1. The van der Waals surface area contributed by atoms with Gasteiger partial charge >= 0.3 is 0 Å². The molecule has 2 rings (SSSR count). The Labute approximate surface area is 168 Å². The summed E-state index contributed by atoms with van der Waals surface area (Å²) in [5, 5.41) is 2.89. The second kappa shape index (κ2) is 9.85. The van der Waals surface area contributed by atoms with Gasteiger partial charge in [-0.05, 0) is 35.4 Å². The van der Waals surface area contributed by atoms with Gasteiger partial charge in [0.05, 0.1) is 6.26 Å². The molecular weight excluding hydrogens is 372 g/mol. The predicted octanol–water partition coefficient (Wildman–Crippen LogP) is 3.49. The molecule has 0 fully saturated rings. The summed E-state index contributed by atoms with van der Waals surface area (Å²) >= 11 is 0. The van der Waals surface area contributed by atoms with Gasteiger partial charge in [0.15, 0.2) is 0 Å². The quantitative estimate of drug-likeness (QED) is 0.653. The summed E-state index contributed by atoms with van der Waals surface area (Å²) in [5.41, 5.74) is 3.19. The number of carbonyl (C=O) groups excluding carboxylic acids is 1. The van der Waals surface area contributed by atoms with Crippen molar-refractivity contribution in [2.75, 3.05) is 19.8 Å². The van der Waals surface area contributed by atoms with E-state index in [2.05, 4.69) is 43.4 Å². The van der Waals surface area contributed by atoms with Crippen molar-refractivity contribution in [1.29, 1.82) is 0 Å². The summed E-state index contributed by atoms with van der Waals surface area (Å²) < 4.78 is 25.1. The van der Waals surface area contributed by atoms with Crippen LogP contribution in [0.25, 0.3) is 0 Å². The van der Waals surface area contributed by atoms with Gasteiger partial charge in [-0.2, -0.15) is 4.31 Å². The lowest BCUT2D eigenvalue weighted by Crippen LogP contribution is -2.41. The average molecular weight is 403 g/mol. The molecule has 0 bridgehead atoms. The van der Waals surface area contributed by atoms with Crippen molar-refractivity contribution in [1.82, 2.24) is 9.62 Å². The molecule has 5 nitrogen and oxygen atoms in total. The molecule has 152 valence electrons. The van der Waals surface area contributed by atoms with Crippen LogP contribution < -0.4 is 5.32 Å². The average Bonchev–Trinajstić information content (AvgIpc) is 2.66. The molecule has 6 heteroatoms. The van der Waals surface area contributed by atoms with Gasteiger partial charge in [0.2, 0.25) is 15.9 Å². The van der Waals surface area contributed by atoms with Crippen molar-refractivity contribution in [2.45, 2.75) is 38.6 Å². The number of nitrogens with zero attached hydrogens (tertiary/aromatic N) is 1. The van der Waals surface area contributed by atoms with Crippen LogP contribution in [0, 0.1) is 0 Å². The lowest BCUT2D eigenvalue weighted by atomic mass is 10.0. The number of hydrogen-bond acceptors (Lipinski definition) is 3. The van der Waals surface area contributed by atoms with E-state index >= 15 is 0 Å². The summed E-state index contributed by atoms with van der Waals surface area (Å²) in [7, 11) is -2.07. The molecular formula is C22H30N2O3S. The summed E-state index contributed by atoms with van der Waals surface area (Å²) in [6.45, 7) is 4.83. The fraction of sp³-hybridized carbons (Fsp3) is 0.409. The highest BCUT2D eigenvalue weighted by atomic mass is 32.2. The highest BCUT2D eigenvalue weighted by Gasteiger charge is 2.30. The maximum absolute atomic E-state index is 12.7. The first-order chi connectivity index (χ1) is 13.2. The molecule has 28 heavy (non-hydrogen) atoms. The van der Waals surface area contributed by atoms with Crippen LogP contribution in [0.4, 0.5) is 0 Å². The number of aryl methyl sites for hydroxylation is 1. The van der Waals surface area contributed by atoms with Gasteiger partial charge in [0.1, 0.15) is 6.04 Å². The largest absolute Gasteiger partial charge is 0.354 e. The zero-order chi connectivity index (χ0) is 20.7. The second-order valence-electron chi connectivity index (χ2n) is 7.38. The zero-order valence-corrected chi connectivity index (χ0v) is 17.9. The molecule has 1 atom stereocenters. The molecule has 0 aromatic heterocycles. The third-order valence-corrected chi connectivity index (χ3v) is 6.10. The molecule has 1 N–H and O–H groups in total. The molecule has 0 aliphatic carbocycles. The first-order valence-electron chi connectivity index (χ1n) is 9.54. The molecule has 0 saturated heterocycles. The number of carbonyl (C=O) groups is 1. The number of nitrogens with one attached hydrogen (secondary N) is 1. The smallest absolute Gasteiger partial charge is 0.242 e. The molecule has 0 spiro atoms. The Kier molecular flexibility index (Phi) is 7.78. The summed E-state index contributed by atoms with van der Waals surface area (Å²) in [4.78, 5) is 12.7. The Morgan fingerprint density at radius 1 is 1.00 bits per heavy atom. The van der Waals surface area contributed by atoms with E-state index in [1.165, 1.54) is 18.2 Å². The highest BCUT2D eigenvalue weighted by Crippen LogP contribution is 2.22. The fourth-order valence-electron chi connectivity index (χ4n) is 3.02. The Balaban J connectivity index is 1.96. The van der Waals surface area contributed by atoms with Crippen molar-refractivity contribution < 1.29 is 13.2 Å². The number of amides is 1. The minimum absolute atomic E-state index is 0.311. The van der Waals surface area contributed by atoms with Gasteiger partial charge in [-0.15, -0.1) is 0 Å². The SMILES string of the molecule is CC(C)c1ccc(CCCNC(=O)[C@H](c2ccccc2)N(C)S(C)(=O)=O)cc1. The van der Waals surface area contributed by atoms with E-state index in [0.29, 0.717) is 18.0 Å². The first-order valence-corrected chi connectivity index (χ1v) is 11.4. The maximum atomic E-state index is 12.7.